The molecule has 3 aromatic rings. The maximum atomic E-state index is 11.8. The topological polar surface area (TPSA) is 138 Å². The monoisotopic (exact) mass is 484 g/mol. The lowest BCUT2D eigenvalue weighted by Gasteiger charge is -2.49. The zero-order valence-electron chi connectivity index (χ0n) is 19.9. The van der Waals surface area contributed by atoms with E-state index in [0.29, 0.717) is 23.7 Å². The molecule has 0 unspecified atom stereocenters. The van der Waals surface area contributed by atoms with E-state index in [0.717, 1.165) is 5.56 Å². The first-order chi connectivity index (χ1) is 16.8. The van der Waals surface area contributed by atoms with E-state index >= 15 is 0 Å². The highest BCUT2D eigenvalue weighted by Crippen LogP contribution is 2.46. The first-order valence-electron chi connectivity index (χ1n) is 11.0. The normalized spacial score (nSPS) is 21.7. The molecule has 4 rings (SSSR count). The molecule has 0 fully saturated rings. The number of ether oxygens (including phenoxy) is 3. The lowest BCUT2D eigenvalue weighted by atomic mass is 9.83. The number of non-ortho nitro benzene ring substituents is 1. The third-order valence-electron chi connectivity index (χ3n) is 6.31. The van der Waals surface area contributed by atoms with Gasteiger partial charge in [0.05, 0.1) is 17.5 Å². The number of nitro groups is 1. The smallest absolute Gasteiger partial charge is 0.270 e. The fourth-order valence-electron chi connectivity index (χ4n) is 4.54. The third-order valence-corrected chi connectivity index (χ3v) is 6.31. The quantitative estimate of drug-likeness (QED) is 0.273. The Hall–Kier alpha value is -3.45. The van der Waals surface area contributed by atoms with Crippen molar-refractivity contribution in [1.29, 1.82) is 0 Å². The van der Waals surface area contributed by atoms with Crippen LogP contribution in [-0.4, -0.2) is 67.4 Å². The van der Waals surface area contributed by atoms with E-state index in [1.54, 1.807) is 18.7 Å². The Kier molecular flexibility index (Phi) is 7.08. The van der Waals surface area contributed by atoms with Crippen LogP contribution < -0.4 is 4.74 Å². The van der Waals surface area contributed by atoms with Crippen LogP contribution in [0.15, 0.2) is 48.5 Å². The predicted molar refractivity (Wildman–Crippen MR) is 123 cm³/mol. The van der Waals surface area contributed by atoms with Crippen molar-refractivity contribution in [3.8, 4) is 5.75 Å². The molecule has 12 heteroatoms. The SMILES string of the molecule is COC(OC)[C@@]1(C)Oc2ccc([N+](=O)[O-])cc2[C@@H](N(Cc2ccccc2)Cc2nnnn2C)[C@@H]1O. The van der Waals surface area contributed by atoms with Crippen LogP contribution in [0.3, 0.4) is 0 Å². The molecule has 0 spiro atoms. The minimum atomic E-state index is -1.33. The minimum Gasteiger partial charge on any atom is -0.479 e. The summed E-state index contributed by atoms with van der Waals surface area (Å²) < 4.78 is 18.7. The summed E-state index contributed by atoms with van der Waals surface area (Å²) in [6.07, 6.45) is -2.12. The molecule has 1 aliphatic rings. The van der Waals surface area contributed by atoms with Crippen LogP contribution in [0.25, 0.3) is 0 Å². The summed E-state index contributed by atoms with van der Waals surface area (Å²) in [4.78, 5) is 13.1. The van der Waals surface area contributed by atoms with Gasteiger partial charge in [0.15, 0.2) is 17.7 Å². The Balaban J connectivity index is 1.87. The van der Waals surface area contributed by atoms with Gasteiger partial charge >= 0.3 is 0 Å². The van der Waals surface area contributed by atoms with E-state index < -0.39 is 29.0 Å². The van der Waals surface area contributed by atoms with Crippen LogP contribution in [0, 0.1) is 10.1 Å². The van der Waals surface area contributed by atoms with Gasteiger partial charge in [0.25, 0.3) is 5.69 Å². The Bertz CT molecular complexity index is 1170. The van der Waals surface area contributed by atoms with Gasteiger partial charge in [0.2, 0.25) is 0 Å². The summed E-state index contributed by atoms with van der Waals surface area (Å²) in [5.41, 5.74) is 0.0130. The van der Waals surface area contributed by atoms with Gasteiger partial charge in [-0.15, -0.1) is 5.10 Å². The Morgan fingerprint density at radius 1 is 1.23 bits per heavy atom. The number of tetrazole rings is 1. The zero-order valence-corrected chi connectivity index (χ0v) is 19.9. The lowest BCUT2D eigenvalue weighted by molar-refractivity contribution is -0.385. The largest absolute Gasteiger partial charge is 0.479 e. The van der Waals surface area contributed by atoms with E-state index in [9.17, 15) is 15.2 Å². The molecule has 186 valence electrons. The van der Waals surface area contributed by atoms with Gasteiger partial charge in [-0.1, -0.05) is 30.3 Å². The van der Waals surface area contributed by atoms with Crippen LogP contribution in [-0.2, 0) is 29.6 Å². The highest BCUT2D eigenvalue weighted by molar-refractivity contribution is 5.48. The van der Waals surface area contributed by atoms with Crippen LogP contribution in [0.5, 0.6) is 5.75 Å². The van der Waals surface area contributed by atoms with Crippen molar-refractivity contribution in [2.24, 2.45) is 7.05 Å². The van der Waals surface area contributed by atoms with Crippen molar-refractivity contribution in [2.45, 2.75) is 44.1 Å². The van der Waals surface area contributed by atoms with Crippen molar-refractivity contribution < 1.29 is 24.2 Å². The second-order valence-electron chi connectivity index (χ2n) is 8.57. The molecule has 0 saturated heterocycles. The Morgan fingerprint density at radius 3 is 2.54 bits per heavy atom. The molecule has 1 aliphatic heterocycles. The molecule has 12 nitrogen and oxygen atoms in total. The molecule has 35 heavy (non-hydrogen) atoms. The van der Waals surface area contributed by atoms with E-state index in [-0.39, 0.29) is 12.2 Å². The van der Waals surface area contributed by atoms with E-state index in [2.05, 4.69) is 15.5 Å². The molecular formula is C23H28N6O6. The fraction of sp³-hybridized carbons (Fsp3) is 0.435. The van der Waals surface area contributed by atoms with Crippen LogP contribution in [0.2, 0.25) is 0 Å². The molecule has 0 aliphatic carbocycles. The average molecular weight is 485 g/mol. The molecule has 0 radical (unpaired) electrons. The van der Waals surface area contributed by atoms with Crippen LogP contribution in [0.1, 0.15) is 29.9 Å². The van der Waals surface area contributed by atoms with E-state index in [1.165, 1.54) is 32.4 Å². The second-order valence-corrected chi connectivity index (χ2v) is 8.57. The number of hydrogen-bond acceptors (Lipinski definition) is 10. The molecular weight excluding hydrogens is 456 g/mol. The van der Waals surface area contributed by atoms with Gasteiger partial charge in [0, 0.05) is 45.5 Å². The van der Waals surface area contributed by atoms with Crippen LogP contribution >= 0.6 is 0 Å². The standard InChI is InChI=1S/C23H28N6O6/c1-23(22(33-3)34-4)21(30)20(17-12-16(29(31)32)10-11-18(17)35-23)28(13-15-8-6-5-7-9-15)14-19-24-25-26-27(19)2/h5-12,20-22,30H,13-14H2,1-4H3/t20-,21+,23+/m1/s1. The van der Waals surface area contributed by atoms with Crippen molar-refractivity contribution >= 4 is 5.69 Å². The highest BCUT2D eigenvalue weighted by Gasteiger charge is 2.54. The molecule has 1 N–H and O–H groups in total. The summed E-state index contributed by atoms with van der Waals surface area (Å²) in [6.45, 7) is 2.35. The zero-order chi connectivity index (χ0) is 25.2. The van der Waals surface area contributed by atoms with Gasteiger partial charge in [-0.3, -0.25) is 15.0 Å². The van der Waals surface area contributed by atoms with Crippen LogP contribution in [0.4, 0.5) is 5.69 Å². The summed E-state index contributed by atoms with van der Waals surface area (Å²) in [5, 5.41) is 35.1. The first-order valence-corrected chi connectivity index (χ1v) is 11.0. The molecule has 0 amide bonds. The first kappa shape index (κ1) is 24.7. The van der Waals surface area contributed by atoms with Gasteiger partial charge in [-0.25, -0.2) is 4.68 Å². The Labute approximate surface area is 202 Å². The summed E-state index contributed by atoms with van der Waals surface area (Å²) in [5.74, 6) is 0.949. The van der Waals surface area contributed by atoms with Gasteiger partial charge in [-0.2, -0.15) is 0 Å². The maximum absolute atomic E-state index is 11.8. The van der Waals surface area contributed by atoms with Crippen molar-refractivity contribution in [3.63, 3.8) is 0 Å². The number of aryl methyl sites for hydroxylation is 1. The lowest BCUT2D eigenvalue weighted by Crippen LogP contribution is -2.62. The number of aliphatic hydroxyl groups excluding tert-OH is 1. The van der Waals surface area contributed by atoms with Crippen molar-refractivity contribution in [2.75, 3.05) is 14.2 Å². The maximum Gasteiger partial charge on any atom is 0.270 e. The number of benzene rings is 2. The Morgan fingerprint density at radius 2 is 1.94 bits per heavy atom. The minimum absolute atomic E-state index is 0.108. The molecule has 0 saturated carbocycles. The van der Waals surface area contributed by atoms with Gasteiger partial charge in [0.1, 0.15) is 11.9 Å². The molecule has 2 aromatic carbocycles. The van der Waals surface area contributed by atoms with E-state index in [1.807, 2.05) is 35.2 Å². The van der Waals surface area contributed by atoms with E-state index in [4.69, 9.17) is 14.2 Å². The average Bonchev–Trinajstić information content (AvgIpc) is 3.25. The third kappa shape index (κ3) is 4.73. The number of aromatic nitrogens is 4. The number of nitrogens with zero attached hydrogens (tertiary/aromatic N) is 6. The van der Waals surface area contributed by atoms with Crippen molar-refractivity contribution in [3.05, 3.63) is 75.6 Å². The highest BCUT2D eigenvalue weighted by atomic mass is 16.7. The fourth-order valence-corrected chi connectivity index (χ4v) is 4.54. The predicted octanol–water partition coefficient (Wildman–Crippen LogP) is 1.99. The summed E-state index contributed by atoms with van der Waals surface area (Å²) in [7, 11) is 4.65. The summed E-state index contributed by atoms with van der Waals surface area (Å²) in [6, 6.07) is 13.3. The van der Waals surface area contributed by atoms with Gasteiger partial charge in [-0.05, 0) is 29.0 Å². The molecule has 1 aromatic heterocycles. The molecule has 3 atom stereocenters. The summed E-state index contributed by atoms with van der Waals surface area (Å²) >= 11 is 0. The second kappa shape index (κ2) is 10.0. The number of nitro benzene ring substituents is 1. The number of aliphatic hydroxyl groups is 1. The molecule has 0 bridgehead atoms. The molecule has 2 heterocycles. The number of methoxy groups -OCH3 is 2. The number of rotatable bonds is 9. The van der Waals surface area contributed by atoms with Gasteiger partial charge < -0.3 is 19.3 Å². The number of hydrogen-bond donors (Lipinski definition) is 1. The van der Waals surface area contributed by atoms with Crippen molar-refractivity contribution in [1.82, 2.24) is 25.1 Å². The number of fused-ring (bicyclic) bond motifs is 1.